The molecule has 9 nitrogen and oxygen atoms in total. The predicted molar refractivity (Wildman–Crippen MR) is 149 cm³/mol. The highest BCUT2D eigenvalue weighted by Gasteiger charge is 2.31. The summed E-state index contributed by atoms with van der Waals surface area (Å²) >= 11 is 0. The summed E-state index contributed by atoms with van der Waals surface area (Å²) in [4.78, 5) is 32.3. The van der Waals surface area contributed by atoms with Crippen LogP contribution in [0.5, 0.6) is 0 Å². The SMILES string of the molecule is CCCCCCCCCCCCCCCCN(CCO)C(=O)N(C)C.C[N+](C)(C)CC(O)P(=O)(O)O. The second kappa shape index (κ2) is 22.3. The van der Waals surface area contributed by atoms with E-state index in [1.807, 2.05) is 0 Å². The number of carbonyl (C=O) groups excluding carboxylic acids is 1. The first-order valence-corrected chi connectivity index (χ1v) is 15.5. The zero-order chi connectivity index (χ0) is 28.0. The molecule has 0 radical (unpaired) electrons. The van der Waals surface area contributed by atoms with Crippen LogP contribution in [0.4, 0.5) is 4.79 Å². The van der Waals surface area contributed by atoms with E-state index >= 15 is 0 Å². The van der Waals surface area contributed by atoms with Gasteiger partial charge in [0.25, 0.3) is 0 Å². The van der Waals surface area contributed by atoms with Crippen LogP contribution in [0.25, 0.3) is 0 Å². The van der Waals surface area contributed by atoms with Crippen LogP contribution in [0.3, 0.4) is 0 Å². The summed E-state index contributed by atoms with van der Waals surface area (Å²) in [6, 6.07) is 0.00347. The molecule has 218 valence electrons. The summed E-state index contributed by atoms with van der Waals surface area (Å²) in [5.41, 5.74) is 0. The van der Waals surface area contributed by atoms with E-state index in [-0.39, 0.29) is 19.2 Å². The number of carbonyl (C=O) groups is 1. The van der Waals surface area contributed by atoms with Crippen LogP contribution >= 0.6 is 7.60 Å². The number of amides is 2. The van der Waals surface area contributed by atoms with Crippen molar-refractivity contribution < 1.29 is 33.8 Å². The van der Waals surface area contributed by atoms with Gasteiger partial charge in [0.1, 0.15) is 6.54 Å². The molecule has 0 aromatic rings. The quantitative estimate of drug-likeness (QED) is 0.101. The monoisotopic (exact) mass is 540 g/mol. The van der Waals surface area contributed by atoms with Gasteiger partial charge in [-0.2, -0.15) is 0 Å². The minimum atomic E-state index is -4.31. The molecule has 0 aliphatic rings. The van der Waals surface area contributed by atoms with E-state index in [1.165, 1.54) is 83.5 Å². The number of hydrogen-bond acceptors (Lipinski definition) is 4. The Kier molecular flexibility index (Phi) is 23.2. The lowest BCUT2D eigenvalue weighted by Crippen LogP contribution is -2.41. The first-order valence-electron chi connectivity index (χ1n) is 13.9. The molecule has 0 bridgehead atoms. The van der Waals surface area contributed by atoms with Gasteiger partial charge in [-0.25, -0.2) is 4.79 Å². The zero-order valence-electron chi connectivity index (χ0n) is 24.2. The molecule has 0 aliphatic heterocycles. The number of hydrogen-bond donors (Lipinski definition) is 4. The largest absolute Gasteiger partial charge is 0.395 e. The van der Waals surface area contributed by atoms with E-state index in [2.05, 4.69) is 6.92 Å². The molecule has 0 saturated heterocycles. The third-order valence-electron chi connectivity index (χ3n) is 5.90. The van der Waals surface area contributed by atoms with E-state index in [4.69, 9.17) is 20.0 Å². The molecule has 36 heavy (non-hydrogen) atoms. The summed E-state index contributed by atoms with van der Waals surface area (Å²) in [6.45, 7) is 3.56. The Bertz CT molecular complexity index is 566. The molecule has 0 fully saturated rings. The van der Waals surface area contributed by atoms with Crippen molar-refractivity contribution in [3.05, 3.63) is 0 Å². The van der Waals surface area contributed by atoms with Crippen molar-refractivity contribution in [2.75, 3.05) is 61.5 Å². The number of likely N-dealkylation sites (N-methyl/N-ethyl adjacent to an activating group) is 1. The molecule has 2 amide bonds. The van der Waals surface area contributed by atoms with Crippen LogP contribution < -0.4 is 0 Å². The summed E-state index contributed by atoms with van der Waals surface area (Å²) in [7, 11) is 4.46. The highest BCUT2D eigenvalue weighted by Crippen LogP contribution is 2.39. The number of unbranched alkanes of at least 4 members (excludes halogenated alkanes) is 13. The highest BCUT2D eigenvalue weighted by molar-refractivity contribution is 7.52. The van der Waals surface area contributed by atoms with Gasteiger partial charge < -0.3 is 34.3 Å². The maximum Gasteiger partial charge on any atom is 0.359 e. The molecule has 4 N–H and O–H groups in total. The minimum Gasteiger partial charge on any atom is -0.395 e. The second-order valence-electron chi connectivity index (χ2n) is 11.0. The molecule has 1 unspecified atom stereocenters. The van der Waals surface area contributed by atoms with Gasteiger partial charge in [-0.15, -0.1) is 0 Å². The Morgan fingerprint density at radius 1 is 0.778 bits per heavy atom. The third kappa shape index (κ3) is 25.0. The van der Waals surface area contributed by atoms with Gasteiger partial charge in [-0.1, -0.05) is 90.4 Å². The first kappa shape index (κ1) is 37.5. The lowest BCUT2D eigenvalue weighted by Gasteiger charge is -2.26. The summed E-state index contributed by atoms with van der Waals surface area (Å²) < 4.78 is 10.8. The van der Waals surface area contributed by atoms with Gasteiger partial charge in [-0.05, 0) is 6.42 Å². The maximum absolute atomic E-state index is 11.9. The molecule has 0 rings (SSSR count). The number of urea groups is 1. The normalized spacial score (nSPS) is 12.6. The number of quaternary nitrogens is 1. The van der Waals surface area contributed by atoms with Crippen molar-refractivity contribution in [1.29, 1.82) is 0 Å². The van der Waals surface area contributed by atoms with Gasteiger partial charge in [0.15, 0.2) is 0 Å². The van der Waals surface area contributed by atoms with Crippen LogP contribution in [0.2, 0.25) is 0 Å². The molecule has 1 atom stereocenters. The van der Waals surface area contributed by atoms with E-state index in [0.717, 1.165) is 13.0 Å². The topological polar surface area (TPSA) is 122 Å². The Morgan fingerprint density at radius 2 is 1.17 bits per heavy atom. The fourth-order valence-electron chi connectivity index (χ4n) is 3.80. The van der Waals surface area contributed by atoms with Crippen LogP contribution in [0.15, 0.2) is 0 Å². The minimum absolute atomic E-state index is 0.00347. The number of aliphatic hydroxyl groups is 2. The number of aliphatic hydroxyl groups excluding tert-OH is 2. The van der Waals surface area contributed by atoms with Crippen molar-refractivity contribution in [3.63, 3.8) is 0 Å². The Hall–Kier alpha value is -0.700. The molecular weight excluding hydrogens is 481 g/mol. The molecule has 0 aromatic carbocycles. The van der Waals surface area contributed by atoms with Gasteiger partial charge in [0, 0.05) is 27.2 Å². The maximum atomic E-state index is 11.9. The molecule has 0 aromatic heterocycles. The average molecular weight is 541 g/mol. The van der Waals surface area contributed by atoms with E-state index in [0.29, 0.717) is 11.0 Å². The lowest BCUT2D eigenvalue weighted by atomic mass is 10.0. The zero-order valence-corrected chi connectivity index (χ0v) is 25.1. The highest BCUT2D eigenvalue weighted by atomic mass is 31.2. The van der Waals surface area contributed by atoms with Gasteiger partial charge in [0.2, 0.25) is 5.85 Å². The van der Waals surface area contributed by atoms with Crippen LogP contribution in [-0.2, 0) is 4.57 Å². The molecule has 0 heterocycles. The standard InChI is InChI=1S/C21H44N2O2.C5H14NO4P/c1-4-5-6-7-8-9-10-11-12-13-14-15-16-17-18-23(19-20-24)21(25)22(2)3;1-6(2,3)4-5(7)11(8,9)10/h24H,4-20H2,1-3H3;5,7H,4H2,1-3H3,(H-,8,9,10)/p+1. The van der Waals surface area contributed by atoms with Crippen LogP contribution in [0.1, 0.15) is 96.8 Å². The Labute approximate surface area is 221 Å². The summed E-state index contributed by atoms with van der Waals surface area (Å²) in [6.07, 6.45) is 18.8. The van der Waals surface area contributed by atoms with Crippen molar-refractivity contribution in [3.8, 4) is 0 Å². The number of nitrogens with zero attached hydrogens (tertiary/aromatic N) is 3. The third-order valence-corrected chi connectivity index (χ3v) is 6.84. The van der Waals surface area contributed by atoms with Crippen molar-refractivity contribution in [2.24, 2.45) is 0 Å². The van der Waals surface area contributed by atoms with Gasteiger partial charge in [0.05, 0.1) is 27.7 Å². The van der Waals surface area contributed by atoms with Gasteiger partial charge >= 0.3 is 13.6 Å². The van der Waals surface area contributed by atoms with E-state index < -0.39 is 13.4 Å². The second-order valence-corrected chi connectivity index (χ2v) is 12.8. The fourth-order valence-corrected chi connectivity index (χ4v) is 4.50. The van der Waals surface area contributed by atoms with Crippen molar-refractivity contribution >= 4 is 13.6 Å². The molecule has 10 heteroatoms. The average Bonchev–Trinajstić information content (AvgIpc) is 2.76. The number of rotatable bonds is 20. The summed E-state index contributed by atoms with van der Waals surface area (Å²) in [5.74, 6) is -1.55. The Balaban J connectivity index is 0. The molecule has 0 spiro atoms. The van der Waals surface area contributed by atoms with Crippen LogP contribution in [0, 0.1) is 0 Å². The molecule has 0 aliphatic carbocycles. The predicted octanol–water partition coefficient (Wildman–Crippen LogP) is 4.63. The van der Waals surface area contributed by atoms with Crippen molar-refractivity contribution in [2.45, 2.75) is 103 Å². The fraction of sp³-hybridized carbons (Fsp3) is 0.962. The van der Waals surface area contributed by atoms with E-state index in [1.54, 1.807) is 45.0 Å². The van der Waals surface area contributed by atoms with Crippen LogP contribution in [-0.4, -0.2) is 108 Å². The Morgan fingerprint density at radius 3 is 1.44 bits per heavy atom. The molecular formula is C26H59N3O6P+. The van der Waals surface area contributed by atoms with Gasteiger partial charge in [-0.3, -0.25) is 4.57 Å². The first-order chi connectivity index (χ1) is 16.8. The van der Waals surface area contributed by atoms with Crippen molar-refractivity contribution in [1.82, 2.24) is 9.80 Å². The summed E-state index contributed by atoms with van der Waals surface area (Å²) in [5, 5.41) is 18.0. The van der Waals surface area contributed by atoms with E-state index in [9.17, 15) is 9.36 Å². The smallest absolute Gasteiger partial charge is 0.359 e. The molecule has 0 saturated carbocycles. The lowest BCUT2D eigenvalue weighted by molar-refractivity contribution is -0.872.